The van der Waals surface area contributed by atoms with Gasteiger partial charge in [0.2, 0.25) is 0 Å². The average Bonchev–Trinajstić information content (AvgIpc) is 3.10. The molecule has 1 aromatic carbocycles. The Labute approximate surface area is 138 Å². The van der Waals surface area contributed by atoms with Gasteiger partial charge in [-0.15, -0.1) is 0 Å². The minimum Gasteiger partial charge on any atom is -0.482 e. The molecule has 1 aliphatic heterocycles. The standard InChI is InChI=1S/C15H18N2O7/c18-14(16-8-13-2-1-7-22-13)9-24-15(19)10-23-12-5-3-11(4-6-12)17(20)21/h3-6,13H,1-2,7-10H2,(H,16,18)/t13-/m1/s1. The third kappa shape index (κ3) is 5.84. The summed E-state index contributed by atoms with van der Waals surface area (Å²) < 4.78 is 15.3. The monoisotopic (exact) mass is 338 g/mol. The highest BCUT2D eigenvalue weighted by atomic mass is 16.6. The van der Waals surface area contributed by atoms with Crippen LogP contribution in [0.1, 0.15) is 12.8 Å². The van der Waals surface area contributed by atoms with E-state index < -0.39 is 30.0 Å². The Morgan fingerprint density at radius 3 is 2.67 bits per heavy atom. The molecule has 9 nitrogen and oxygen atoms in total. The van der Waals surface area contributed by atoms with Gasteiger partial charge in [-0.2, -0.15) is 0 Å². The number of non-ortho nitro benzene ring substituents is 1. The zero-order valence-electron chi connectivity index (χ0n) is 12.9. The van der Waals surface area contributed by atoms with E-state index in [-0.39, 0.29) is 11.8 Å². The highest BCUT2D eigenvalue weighted by molar-refractivity contribution is 5.80. The van der Waals surface area contributed by atoms with E-state index in [9.17, 15) is 19.7 Å². The first kappa shape index (κ1) is 17.7. The summed E-state index contributed by atoms with van der Waals surface area (Å²) in [6.07, 6.45) is 1.91. The van der Waals surface area contributed by atoms with E-state index in [0.29, 0.717) is 18.9 Å². The molecule has 0 unspecified atom stereocenters. The molecule has 9 heteroatoms. The quantitative estimate of drug-likeness (QED) is 0.423. The van der Waals surface area contributed by atoms with E-state index in [0.717, 1.165) is 12.8 Å². The largest absolute Gasteiger partial charge is 0.482 e. The van der Waals surface area contributed by atoms with Gasteiger partial charge in [-0.3, -0.25) is 14.9 Å². The lowest BCUT2D eigenvalue weighted by Gasteiger charge is -2.11. The SMILES string of the molecule is O=C(COC(=O)COc1ccc([N+](=O)[O-])cc1)NC[C@H]1CCCO1. The predicted octanol–water partition coefficient (Wildman–Crippen LogP) is 0.812. The van der Waals surface area contributed by atoms with Crippen molar-refractivity contribution in [3.05, 3.63) is 34.4 Å². The molecule has 0 radical (unpaired) electrons. The number of carbonyl (C=O) groups is 2. The highest BCUT2D eigenvalue weighted by Gasteiger charge is 2.16. The summed E-state index contributed by atoms with van der Waals surface area (Å²) in [6, 6.07) is 5.28. The van der Waals surface area contributed by atoms with Crippen LogP contribution in [0.15, 0.2) is 24.3 Å². The minimum absolute atomic E-state index is 0.0233. The normalized spacial score (nSPS) is 16.4. The van der Waals surface area contributed by atoms with E-state index in [4.69, 9.17) is 14.2 Å². The Bertz CT molecular complexity index is 582. The number of amides is 1. The van der Waals surface area contributed by atoms with Crippen LogP contribution in [0.5, 0.6) is 5.75 Å². The van der Waals surface area contributed by atoms with E-state index in [1.807, 2.05) is 0 Å². The summed E-state index contributed by atoms with van der Waals surface area (Å²) >= 11 is 0. The van der Waals surface area contributed by atoms with Gasteiger partial charge in [0.15, 0.2) is 13.2 Å². The maximum atomic E-state index is 11.5. The first-order chi connectivity index (χ1) is 11.5. The van der Waals surface area contributed by atoms with Crippen molar-refractivity contribution in [3.8, 4) is 5.75 Å². The Hall–Kier alpha value is -2.68. The average molecular weight is 338 g/mol. The Kier molecular flexibility index (Phi) is 6.50. The van der Waals surface area contributed by atoms with Crippen molar-refractivity contribution in [2.45, 2.75) is 18.9 Å². The van der Waals surface area contributed by atoms with Crippen molar-refractivity contribution in [3.63, 3.8) is 0 Å². The van der Waals surface area contributed by atoms with Crippen molar-refractivity contribution < 1.29 is 28.7 Å². The summed E-state index contributed by atoms with van der Waals surface area (Å²) in [7, 11) is 0. The predicted molar refractivity (Wildman–Crippen MR) is 81.5 cm³/mol. The maximum Gasteiger partial charge on any atom is 0.344 e. The number of hydrogen-bond acceptors (Lipinski definition) is 7. The molecule has 24 heavy (non-hydrogen) atoms. The highest BCUT2D eigenvalue weighted by Crippen LogP contribution is 2.17. The molecule has 1 N–H and O–H groups in total. The van der Waals surface area contributed by atoms with Gasteiger partial charge < -0.3 is 19.5 Å². The fourth-order valence-electron chi connectivity index (χ4n) is 2.08. The van der Waals surface area contributed by atoms with Crippen LogP contribution in [0.4, 0.5) is 5.69 Å². The molecule has 1 heterocycles. The molecular formula is C15H18N2O7. The number of nitrogens with zero attached hydrogens (tertiary/aromatic N) is 1. The van der Waals surface area contributed by atoms with Crippen molar-refractivity contribution in [2.24, 2.45) is 0 Å². The van der Waals surface area contributed by atoms with Crippen LogP contribution in [0.3, 0.4) is 0 Å². The van der Waals surface area contributed by atoms with Crippen LogP contribution < -0.4 is 10.1 Å². The van der Waals surface area contributed by atoms with Crippen LogP contribution in [0, 0.1) is 10.1 Å². The first-order valence-corrected chi connectivity index (χ1v) is 7.46. The number of ether oxygens (including phenoxy) is 3. The number of nitro groups is 1. The molecule has 1 aromatic rings. The molecule has 2 rings (SSSR count). The summed E-state index contributed by atoms with van der Waals surface area (Å²) in [5.41, 5.74) is -0.0761. The third-order valence-electron chi connectivity index (χ3n) is 3.32. The van der Waals surface area contributed by atoms with Crippen molar-refractivity contribution >= 4 is 17.6 Å². The lowest BCUT2D eigenvalue weighted by atomic mass is 10.2. The molecule has 1 saturated heterocycles. The molecule has 0 spiro atoms. The van der Waals surface area contributed by atoms with Gasteiger partial charge >= 0.3 is 5.97 Å². The molecule has 1 atom stereocenters. The molecule has 0 aromatic heterocycles. The molecule has 0 aliphatic carbocycles. The minimum atomic E-state index is -0.708. The summed E-state index contributed by atoms with van der Waals surface area (Å²) in [5.74, 6) is -0.824. The maximum absolute atomic E-state index is 11.5. The number of esters is 1. The van der Waals surface area contributed by atoms with Crippen LogP contribution in [-0.2, 0) is 19.1 Å². The Morgan fingerprint density at radius 2 is 2.04 bits per heavy atom. The lowest BCUT2D eigenvalue weighted by molar-refractivity contribution is -0.384. The van der Waals surface area contributed by atoms with Gasteiger partial charge in [0, 0.05) is 25.3 Å². The summed E-state index contributed by atoms with van der Waals surface area (Å²) in [6.45, 7) is 0.317. The van der Waals surface area contributed by atoms with Crippen LogP contribution in [0.2, 0.25) is 0 Å². The molecule has 1 amide bonds. The molecule has 130 valence electrons. The Morgan fingerprint density at radius 1 is 1.29 bits per heavy atom. The lowest BCUT2D eigenvalue weighted by Crippen LogP contribution is -2.35. The summed E-state index contributed by atoms with van der Waals surface area (Å²) in [4.78, 5) is 33.0. The number of nitrogens with one attached hydrogen (secondary N) is 1. The number of nitro benzene ring substituents is 1. The second kappa shape index (κ2) is 8.82. The van der Waals surface area contributed by atoms with Gasteiger partial charge in [-0.25, -0.2) is 4.79 Å². The molecule has 1 aliphatic rings. The Balaban J connectivity index is 1.61. The van der Waals surface area contributed by atoms with Gasteiger partial charge in [0.25, 0.3) is 11.6 Å². The smallest absolute Gasteiger partial charge is 0.344 e. The van der Waals surface area contributed by atoms with Gasteiger partial charge in [-0.05, 0) is 25.0 Å². The second-order valence-electron chi connectivity index (χ2n) is 5.14. The van der Waals surface area contributed by atoms with Crippen molar-refractivity contribution in [1.82, 2.24) is 5.32 Å². The van der Waals surface area contributed by atoms with Crippen molar-refractivity contribution in [1.29, 1.82) is 0 Å². The van der Waals surface area contributed by atoms with E-state index in [1.165, 1.54) is 24.3 Å². The van der Waals surface area contributed by atoms with E-state index >= 15 is 0 Å². The van der Waals surface area contributed by atoms with Gasteiger partial charge in [0.05, 0.1) is 11.0 Å². The number of hydrogen-bond donors (Lipinski definition) is 1. The fourth-order valence-corrected chi connectivity index (χ4v) is 2.08. The van der Waals surface area contributed by atoms with E-state index in [2.05, 4.69) is 5.32 Å². The molecule has 1 fully saturated rings. The van der Waals surface area contributed by atoms with E-state index in [1.54, 1.807) is 0 Å². The summed E-state index contributed by atoms with van der Waals surface area (Å²) in [5, 5.41) is 13.1. The fraction of sp³-hybridized carbons (Fsp3) is 0.467. The molecular weight excluding hydrogens is 320 g/mol. The zero-order chi connectivity index (χ0) is 17.4. The van der Waals surface area contributed by atoms with Crippen molar-refractivity contribution in [2.75, 3.05) is 26.4 Å². The molecule has 0 saturated carbocycles. The van der Waals surface area contributed by atoms with Crippen LogP contribution in [-0.4, -0.2) is 49.3 Å². The number of benzene rings is 1. The topological polar surface area (TPSA) is 117 Å². The number of carbonyl (C=O) groups excluding carboxylic acids is 2. The van der Waals surface area contributed by atoms with Crippen LogP contribution in [0.25, 0.3) is 0 Å². The number of rotatable bonds is 8. The van der Waals surface area contributed by atoms with Gasteiger partial charge in [-0.1, -0.05) is 0 Å². The first-order valence-electron chi connectivity index (χ1n) is 7.46. The third-order valence-corrected chi connectivity index (χ3v) is 3.32. The van der Waals surface area contributed by atoms with Gasteiger partial charge in [0.1, 0.15) is 5.75 Å². The zero-order valence-corrected chi connectivity index (χ0v) is 12.9. The van der Waals surface area contributed by atoms with Crippen LogP contribution >= 0.6 is 0 Å². The molecule has 0 bridgehead atoms. The second-order valence-corrected chi connectivity index (χ2v) is 5.14.